The maximum atomic E-state index is 12.3. The zero-order valence-corrected chi connectivity index (χ0v) is 12.4. The van der Waals surface area contributed by atoms with E-state index in [1.807, 2.05) is 26.0 Å². The monoisotopic (exact) mass is 290 g/mol. The molecule has 0 radical (unpaired) electrons. The zero-order valence-electron chi connectivity index (χ0n) is 11.6. The van der Waals surface area contributed by atoms with Crippen LogP contribution in [-0.2, 0) is 16.6 Å². The van der Waals surface area contributed by atoms with Gasteiger partial charge in [0, 0.05) is 12.2 Å². The number of benzene rings is 2. The van der Waals surface area contributed by atoms with Gasteiger partial charge >= 0.3 is 0 Å². The van der Waals surface area contributed by atoms with Crippen molar-refractivity contribution in [2.75, 3.05) is 4.72 Å². The van der Waals surface area contributed by atoms with Crippen molar-refractivity contribution in [2.45, 2.75) is 25.3 Å². The molecule has 20 heavy (non-hydrogen) atoms. The van der Waals surface area contributed by atoms with Crippen LogP contribution in [0.5, 0.6) is 0 Å². The molecule has 3 N–H and O–H groups in total. The van der Waals surface area contributed by atoms with Crippen molar-refractivity contribution in [3.8, 4) is 0 Å². The van der Waals surface area contributed by atoms with E-state index in [9.17, 15) is 8.42 Å². The Morgan fingerprint density at radius 1 is 1.00 bits per heavy atom. The van der Waals surface area contributed by atoms with Gasteiger partial charge in [0.15, 0.2) is 0 Å². The number of nitrogens with two attached hydrogens (primary N) is 1. The first-order valence-electron chi connectivity index (χ1n) is 6.31. The molecule has 0 aromatic heterocycles. The molecule has 2 rings (SSSR count). The molecule has 0 heterocycles. The summed E-state index contributed by atoms with van der Waals surface area (Å²) in [5, 5.41) is 0. The fourth-order valence-electron chi connectivity index (χ4n) is 1.82. The van der Waals surface area contributed by atoms with E-state index in [1.165, 1.54) is 0 Å². The van der Waals surface area contributed by atoms with Gasteiger partial charge in [-0.2, -0.15) is 0 Å². The second kappa shape index (κ2) is 5.64. The second-order valence-corrected chi connectivity index (χ2v) is 6.44. The lowest BCUT2D eigenvalue weighted by Gasteiger charge is -2.10. The van der Waals surface area contributed by atoms with Crippen molar-refractivity contribution in [1.29, 1.82) is 0 Å². The maximum Gasteiger partial charge on any atom is 0.261 e. The normalized spacial score (nSPS) is 11.3. The first-order valence-corrected chi connectivity index (χ1v) is 7.80. The lowest BCUT2D eigenvalue weighted by molar-refractivity contribution is 0.601. The van der Waals surface area contributed by atoms with Gasteiger partial charge in [-0.05, 0) is 54.8 Å². The summed E-state index contributed by atoms with van der Waals surface area (Å²) in [6.07, 6.45) is 0. The lowest BCUT2D eigenvalue weighted by Crippen LogP contribution is -2.13. The SMILES string of the molecule is Cc1ccc(NS(=O)(=O)c2ccc(CN)cc2)cc1C. The number of nitrogens with one attached hydrogen (secondary N) is 1. The van der Waals surface area contributed by atoms with Crippen LogP contribution in [0.3, 0.4) is 0 Å². The molecule has 0 amide bonds. The van der Waals surface area contributed by atoms with Crippen LogP contribution in [0, 0.1) is 13.8 Å². The Morgan fingerprint density at radius 2 is 1.65 bits per heavy atom. The van der Waals surface area contributed by atoms with Crippen LogP contribution in [0.15, 0.2) is 47.4 Å². The number of hydrogen-bond acceptors (Lipinski definition) is 3. The number of anilines is 1. The fraction of sp³-hybridized carbons (Fsp3) is 0.200. The number of rotatable bonds is 4. The Labute approximate surface area is 119 Å². The highest BCUT2D eigenvalue weighted by molar-refractivity contribution is 7.92. The van der Waals surface area contributed by atoms with E-state index in [2.05, 4.69) is 4.72 Å². The Morgan fingerprint density at radius 3 is 2.20 bits per heavy atom. The van der Waals surface area contributed by atoms with Crippen LogP contribution in [0.1, 0.15) is 16.7 Å². The minimum absolute atomic E-state index is 0.230. The van der Waals surface area contributed by atoms with Crippen LogP contribution in [0.25, 0.3) is 0 Å². The first kappa shape index (κ1) is 14.6. The highest BCUT2D eigenvalue weighted by Gasteiger charge is 2.14. The van der Waals surface area contributed by atoms with Crippen molar-refractivity contribution >= 4 is 15.7 Å². The quantitative estimate of drug-likeness (QED) is 0.909. The standard InChI is InChI=1S/C15H18N2O2S/c1-11-3-6-14(9-12(11)2)17-20(18,19)15-7-4-13(10-16)5-8-15/h3-9,17H,10,16H2,1-2H3. The molecule has 0 saturated heterocycles. The molecule has 0 aliphatic heterocycles. The smallest absolute Gasteiger partial charge is 0.261 e. The van der Waals surface area contributed by atoms with Crippen LogP contribution in [-0.4, -0.2) is 8.42 Å². The lowest BCUT2D eigenvalue weighted by atomic mass is 10.1. The Balaban J connectivity index is 2.27. The summed E-state index contributed by atoms with van der Waals surface area (Å²) >= 11 is 0. The molecule has 4 nitrogen and oxygen atoms in total. The van der Waals surface area contributed by atoms with Gasteiger partial charge in [0.2, 0.25) is 0 Å². The molecule has 0 saturated carbocycles. The van der Waals surface area contributed by atoms with Crippen molar-refractivity contribution < 1.29 is 8.42 Å². The highest BCUT2D eigenvalue weighted by atomic mass is 32.2. The van der Waals surface area contributed by atoms with Gasteiger partial charge in [-0.3, -0.25) is 4.72 Å². The molecule has 0 bridgehead atoms. The summed E-state index contributed by atoms with van der Waals surface area (Å²) in [4.78, 5) is 0.230. The summed E-state index contributed by atoms with van der Waals surface area (Å²) in [5.41, 5.74) is 9.13. The van der Waals surface area contributed by atoms with Crippen molar-refractivity contribution in [3.63, 3.8) is 0 Å². The largest absolute Gasteiger partial charge is 0.326 e. The Bertz CT molecular complexity index is 707. The van der Waals surface area contributed by atoms with Crippen molar-refractivity contribution in [3.05, 3.63) is 59.2 Å². The average molecular weight is 290 g/mol. The second-order valence-electron chi connectivity index (χ2n) is 4.75. The third kappa shape index (κ3) is 3.18. The first-order chi connectivity index (χ1) is 9.42. The van der Waals surface area contributed by atoms with E-state index in [1.54, 1.807) is 30.3 Å². The van der Waals surface area contributed by atoms with Gasteiger partial charge in [0.05, 0.1) is 4.90 Å². The average Bonchev–Trinajstić information content (AvgIpc) is 2.43. The van der Waals surface area contributed by atoms with E-state index in [0.717, 1.165) is 16.7 Å². The summed E-state index contributed by atoms with van der Waals surface area (Å²) in [6, 6.07) is 12.0. The third-order valence-electron chi connectivity index (χ3n) is 3.23. The van der Waals surface area contributed by atoms with Gasteiger partial charge in [0.25, 0.3) is 10.0 Å². The third-order valence-corrected chi connectivity index (χ3v) is 4.63. The fourth-order valence-corrected chi connectivity index (χ4v) is 2.87. The van der Waals surface area contributed by atoms with Gasteiger partial charge < -0.3 is 5.73 Å². The minimum Gasteiger partial charge on any atom is -0.326 e. The van der Waals surface area contributed by atoms with E-state index >= 15 is 0 Å². The number of hydrogen-bond donors (Lipinski definition) is 2. The molecule has 0 aliphatic rings. The molecular weight excluding hydrogens is 272 g/mol. The van der Waals surface area contributed by atoms with Crippen LogP contribution < -0.4 is 10.5 Å². The molecular formula is C15H18N2O2S. The maximum absolute atomic E-state index is 12.3. The van der Waals surface area contributed by atoms with E-state index < -0.39 is 10.0 Å². The van der Waals surface area contributed by atoms with Gasteiger partial charge in [-0.25, -0.2) is 8.42 Å². The predicted molar refractivity (Wildman–Crippen MR) is 81.1 cm³/mol. The molecule has 2 aromatic rings. The van der Waals surface area contributed by atoms with Crippen molar-refractivity contribution in [2.24, 2.45) is 5.73 Å². The van der Waals surface area contributed by atoms with Crippen molar-refractivity contribution in [1.82, 2.24) is 0 Å². The van der Waals surface area contributed by atoms with Gasteiger partial charge in [-0.15, -0.1) is 0 Å². The minimum atomic E-state index is -3.56. The summed E-state index contributed by atoms with van der Waals surface area (Å²) in [5.74, 6) is 0. The van der Waals surface area contributed by atoms with Gasteiger partial charge in [-0.1, -0.05) is 18.2 Å². The molecule has 2 aromatic carbocycles. The predicted octanol–water partition coefficient (Wildman–Crippen LogP) is 2.56. The number of sulfonamides is 1. The topological polar surface area (TPSA) is 72.2 Å². The number of aryl methyl sites for hydroxylation is 2. The Hall–Kier alpha value is -1.85. The molecule has 0 aliphatic carbocycles. The summed E-state index contributed by atoms with van der Waals surface area (Å²) < 4.78 is 27.1. The van der Waals surface area contributed by atoms with E-state index in [-0.39, 0.29) is 4.90 Å². The van der Waals surface area contributed by atoms with Crippen LogP contribution in [0.4, 0.5) is 5.69 Å². The van der Waals surface area contributed by atoms with Crippen LogP contribution in [0.2, 0.25) is 0 Å². The molecule has 0 unspecified atom stereocenters. The Kier molecular flexibility index (Phi) is 4.11. The molecule has 0 spiro atoms. The summed E-state index contributed by atoms with van der Waals surface area (Å²) in [6.45, 7) is 4.33. The van der Waals surface area contributed by atoms with Gasteiger partial charge in [0.1, 0.15) is 0 Å². The van der Waals surface area contributed by atoms with Crippen LogP contribution >= 0.6 is 0 Å². The summed E-state index contributed by atoms with van der Waals surface area (Å²) in [7, 11) is -3.56. The molecule has 0 fully saturated rings. The molecule has 106 valence electrons. The zero-order chi connectivity index (χ0) is 14.8. The van der Waals surface area contributed by atoms with E-state index in [4.69, 9.17) is 5.73 Å². The molecule has 5 heteroatoms. The molecule has 0 atom stereocenters. The highest BCUT2D eigenvalue weighted by Crippen LogP contribution is 2.19. The van der Waals surface area contributed by atoms with E-state index in [0.29, 0.717) is 12.2 Å².